The van der Waals surface area contributed by atoms with Crippen LogP contribution in [0.5, 0.6) is 5.75 Å². The molecule has 0 atom stereocenters. The molecule has 0 aromatic heterocycles. The van der Waals surface area contributed by atoms with Gasteiger partial charge in [0.1, 0.15) is 12.4 Å². The second-order valence-electron chi connectivity index (χ2n) is 8.82. The van der Waals surface area contributed by atoms with Crippen LogP contribution >= 0.6 is 11.6 Å². The molecule has 0 heterocycles. The molecular weight excluding hydrogens is 520 g/mol. The molecule has 0 unspecified atom stereocenters. The lowest BCUT2D eigenvalue weighted by atomic mass is 10.1. The van der Waals surface area contributed by atoms with Gasteiger partial charge in [0.05, 0.1) is 23.7 Å². The second kappa shape index (κ2) is 12.2. The van der Waals surface area contributed by atoms with Gasteiger partial charge in [0.15, 0.2) is 0 Å². The van der Waals surface area contributed by atoms with Gasteiger partial charge in [-0.3, -0.25) is 9.10 Å². The summed E-state index contributed by atoms with van der Waals surface area (Å²) in [6.07, 6.45) is 0. The number of hydrogen-bond acceptors (Lipinski definition) is 4. The van der Waals surface area contributed by atoms with E-state index in [1.807, 2.05) is 38.1 Å². The minimum atomic E-state index is -3.88. The van der Waals surface area contributed by atoms with Crippen LogP contribution in [0.2, 0.25) is 5.02 Å². The van der Waals surface area contributed by atoms with Crippen LogP contribution in [0.1, 0.15) is 27.0 Å². The first-order valence-corrected chi connectivity index (χ1v) is 14.0. The molecule has 0 saturated carbocycles. The SMILES string of the molecule is Cc1ccccc1OCCNC(=O)c1ccc(CN(c2cc(Cl)ccc2C)S(=O)(=O)c2ccccc2)cc1. The molecule has 1 amide bonds. The summed E-state index contributed by atoms with van der Waals surface area (Å²) in [7, 11) is -3.88. The van der Waals surface area contributed by atoms with Gasteiger partial charge in [0, 0.05) is 10.6 Å². The summed E-state index contributed by atoms with van der Waals surface area (Å²) in [6, 6.07) is 28.1. The molecular formula is C30H29ClN2O4S. The van der Waals surface area contributed by atoms with Crippen molar-refractivity contribution in [3.05, 3.63) is 124 Å². The first-order chi connectivity index (χ1) is 18.3. The van der Waals surface area contributed by atoms with E-state index in [1.54, 1.807) is 72.8 Å². The number of halogens is 1. The van der Waals surface area contributed by atoms with Gasteiger partial charge >= 0.3 is 0 Å². The van der Waals surface area contributed by atoms with E-state index in [0.717, 1.165) is 22.4 Å². The molecule has 6 nitrogen and oxygen atoms in total. The monoisotopic (exact) mass is 548 g/mol. The predicted octanol–water partition coefficient (Wildman–Crippen LogP) is 6.16. The number of carbonyl (C=O) groups is 1. The summed E-state index contributed by atoms with van der Waals surface area (Å²) in [5.41, 5.74) is 3.50. The predicted molar refractivity (Wildman–Crippen MR) is 151 cm³/mol. The Kier molecular flexibility index (Phi) is 8.71. The van der Waals surface area contributed by atoms with Crippen molar-refractivity contribution in [1.82, 2.24) is 5.32 Å². The van der Waals surface area contributed by atoms with Crippen molar-refractivity contribution in [2.24, 2.45) is 0 Å². The Hall–Kier alpha value is -3.81. The van der Waals surface area contributed by atoms with Gasteiger partial charge in [-0.2, -0.15) is 0 Å². The number of aryl methyl sites for hydroxylation is 2. The fourth-order valence-corrected chi connectivity index (χ4v) is 5.64. The molecule has 0 saturated heterocycles. The van der Waals surface area contributed by atoms with Gasteiger partial charge in [-0.25, -0.2) is 8.42 Å². The van der Waals surface area contributed by atoms with E-state index < -0.39 is 10.0 Å². The normalized spacial score (nSPS) is 11.1. The summed E-state index contributed by atoms with van der Waals surface area (Å²) in [4.78, 5) is 12.8. The number of sulfonamides is 1. The van der Waals surface area contributed by atoms with Crippen molar-refractivity contribution < 1.29 is 17.9 Å². The molecule has 0 aliphatic rings. The molecule has 0 aliphatic carbocycles. The summed E-state index contributed by atoms with van der Waals surface area (Å²) < 4.78 is 34.4. The first-order valence-electron chi connectivity index (χ1n) is 12.2. The smallest absolute Gasteiger partial charge is 0.264 e. The third kappa shape index (κ3) is 6.54. The number of hydrogen-bond donors (Lipinski definition) is 1. The van der Waals surface area contributed by atoms with Crippen LogP contribution in [0.3, 0.4) is 0 Å². The highest BCUT2D eigenvalue weighted by Gasteiger charge is 2.26. The van der Waals surface area contributed by atoms with Crippen LogP contribution in [0.4, 0.5) is 5.69 Å². The summed E-state index contributed by atoms with van der Waals surface area (Å²) in [6.45, 7) is 4.58. The van der Waals surface area contributed by atoms with Crippen LogP contribution in [0.15, 0.2) is 102 Å². The molecule has 38 heavy (non-hydrogen) atoms. The average molecular weight is 549 g/mol. The number of amides is 1. The third-order valence-electron chi connectivity index (χ3n) is 6.05. The largest absolute Gasteiger partial charge is 0.491 e. The van der Waals surface area contributed by atoms with Crippen molar-refractivity contribution in [2.75, 3.05) is 17.5 Å². The average Bonchev–Trinajstić information content (AvgIpc) is 2.93. The Morgan fingerprint density at radius 3 is 2.26 bits per heavy atom. The Morgan fingerprint density at radius 2 is 1.55 bits per heavy atom. The van der Waals surface area contributed by atoms with E-state index in [9.17, 15) is 13.2 Å². The van der Waals surface area contributed by atoms with Gasteiger partial charge in [0.25, 0.3) is 15.9 Å². The molecule has 0 spiro atoms. The van der Waals surface area contributed by atoms with Crippen molar-refractivity contribution in [2.45, 2.75) is 25.3 Å². The Labute approximate surface area is 228 Å². The van der Waals surface area contributed by atoms with Crippen molar-refractivity contribution in [3.63, 3.8) is 0 Å². The molecule has 0 bridgehead atoms. The highest BCUT2D eigenvalue weighted by atomic mass is 35.5. The molecule has 4 rings (SSSR count). The van der Waals surface area contributed by atoms with Crippen LogP contribution < -0.4 is 14.4 Å². The highest BCUT2D eigenvalue weighted by molar-refractivity contribution is 7.92. The maximum atomic E-state index is 13.7. The molecule has 0 aliphatic heterocycles. The van der Waals surface area contributed by atoms with Crippen LogP contribution in [-0.2, 0) is 16.6 Å². The fraction of sp³-hybridized carbons (Fsp3) is 0.167. The number of ether oxygens (including phenoxy) is 1. The minimum Gasteiger partial charge on any atom is -0.491 e. The van der Waals surface area contributed by atoms with Gasteiger partial charge in [-0.15, -0.1) is 0 Å². The van der Waals surface area contributed by atoms with E-state index in [2.05, 4.69) is 5.32 Å². The second-order valence-corrected chi connectivity index (χ2v) is 11.1. The van der Waals surface area contributed by atoms with Crippen molar-refractivity contribution in [1.29, 1.82) is 0 Å². The fourth-order valence-electron chi connectivity index (χ4n) is 3.94. The summed E-state index contributed by atoms with van der Waals surface area (Å²) in [5.74, 6) is 0.556. The maximum absolute atomic E-state index is 13.7. The van der Waals surface area contributed by atoms with Crippen LogP contribution in [-0.4, -0.2) is 27.5 Å². The van der Waals surface area contributed by atoms with Gasteiger partial charge < -0.3 is 10.1 Å². The number of carbonyl (C=O) groups excluding carboxylic acids is 1. The van der Waals surface area contributed by atoms with E-state index in [4.69, 9.17) is 16.3 Å². The first kappa shape index (κ1) is 27.2. The van der Waals surface area contributed by atoms with E-state index in [1.165, 1.54) is 4.31 Å². The maximum Gasteiger partial charge on any atom is 0.264 e. The zero-order valence-corrected chi connectivity index (χ0v) is 22.8. The number of benzene rings is 4. The lowest BCUT2D eigenvalue weighted by molar-refractivity contribution is 0.0947. The van der Waals surface area contributed by atoms with Crippen LogP contribution in [0, 0.1) is 13.8 Å². The van der Waals surface area contributed by atoms with Gasteiger partial charge in [0.2, 0.25) is 0 Å². The van der Waals surface area contributed by atoms with Crippen molar-refractivity contribution >= 4 is 33.2 Å². The standard InChI is InChI=1S/C30H29ClN2O4S/c1-22-12-17-26(31)20-28(22)33(38(35,36)27-9-4-3-5-10-27)21-24-13-15-25(16-14-24)30(34)32-18-19-37-29-11-7-6-8-23(29)2/h3-17,20H,18-19,21H2,1-2H3,(H,32,34). The Morgan fingerprint density at radius 1 is 0.868 bits per heavy atom. The molecule has 1 N–H and O–H groups in total. The molecule has 0 radical (unpaired) electrons. The van der Waals surface area contributed by atoms with Crippen LogP contribution in [0.25, 0.3) is 0 Å². The molecule has 4 aromatic rings. The number of nitrogens with one attached hydrogen (secondary N) is 1. The summed E-state index contributed by atoms with van der Waals surface area (Å²) >= 11 is 6.24. The van der Waals surface area contributed by atoms with Crippen molar-refractivity contribution in [3.8, 4) is 5.75 Å². The molecule has 196 valence electrons. The van der Waals surface area contributed by atoms with E-state index >= 15 is 0 Å². The zero-order valence-electron chi connectivity index (χ0n) is 21.2. The van der Waals surface area contributed by atoms with Gasteiger partial charge in [-0.05, 0) is 73.0 Å². The lowest BCUT2D eigenvalue weighted by Gasteiger charge is -2.26. The van der Waals surface area contributed by atoms with E-state index in [0.29, 0.717) is 29.4 Å². The minimum absolute atomic E-state index is 0.0740. The third-order valence-corrected chi connectivity index (χ3v) is 8.06. The molecule has 8 heteroatoms. The molecule has 4 aromatic carbocycles. The highest BCUT2D eigenvalue weighted by Crippen LogP contribution is 2.31. The number of nitrogens with zero attached hydrogens (tertiary/aromatic N) is 1. The number of rotatable bonds is 10. The number of para-hydroxylation sites is 1. The van der Waals surface area contributed by atoms with Gasteiger partial charge in [-0.1, -0.05) is 66.2 Å². The lowest BCUT2D eigenvalue weighted by Crippen LogP contribution is -2.31. The number of anilines is 1. The quantitative estimate of drug-likeness (QED) is 0.241. The topological polar surface area (TPSA) is 75.7 Å². The zero-order chi connectivity index (χ0) is 27.1. The summed E-state index contributed by atoms with van der Waals surface area (Å²) in [5, 5.41) is 3.29. The Balaban J connectivity index is 1.47. The Bertz CT molecular complexity index is 1510. The van der Waals surface area contributed by atoms with E-state index in [-0.39, 0.29) is 17.3 Å². The molecule has 0 fully saturated rings.